The summed E-state index contributed by atoms with van der Waals surface area (Å²) in [5, 5.41) is 4.23. The molecule has 0 atom stereocenters. The molecule has 0 saturated heterocycles. The van der Waals surface area contributed by atoms with Crippen molar-refractivity contribution in [3.63, 3.8) is 0 Å². The zero-order chi connectivity index (χ0) is 18.9. The van der Waals surface area contributed by atoms with Gasteiger partial charge in [-0.25, -0.2) is 0 Å². The van der Waals surface area contributed by atoms with Gasteiger partial charge in [-0.1, -0.05) is 35.3 Å². The minimum atomic E-state index is -0.0944. The highest BCUT2D eigenvalue weighted by atomic mass is 35.5. The van der Waals surface area contributed by atoms with Crippen LogP contribution in [-0.4, -0.2) is 25.3 Å². The molecule has 6 heteroatoms. The van der Waals surface area contributed by atoms with Crippen molar-refractivity contribution < 1.29 is 9.53 Å². The average Bonchev–Trinajstić information content (AvgIpc) is 2.63. The first-order valence-electron chi connectivity index (χ1n) is 8.13. The standard InChI is InChI=1S/C20H21Cl2NO2S/c1-3-4-14-11-15(6-8-19(14)25-2)20(24)23-9-10-26-13-16-5-7-17(21)12-18(16)22/h3,5-8,11-12H,1,4,9-10,13H2,2H3,(H,23,24). The highest BCUT2D eigenvalue weighted by molar-refractivity contribution is 7.98. The summed E-state index contributed by atoms with van der Waals surface area (Å²) in [4.78, 5) is 12.3. The predicted molar refractivity (Wildman–Crippen MR) is 112 cm³/mol. The molecule has 1 N–H and O–H groups in total. The number of thioether (sulfide) groups is 1. The third-order valence-corrected chi connectivity index (χ3v) is 5.31. The molecular weight excluding hydrogens is 389 g/mol. The van der Waals surface area contributed by atoms with E-state index in [4.69, 9.17) is 27.9 Å². The highest BCUT2D eigenvalue weighted by Crippen LogP contribution is 2.24. The monoisotopic (exact) mass is 409 g/mol. The second-order valence-electron chi connectivity index (χ2n) is 5.56. The lowest BCUT2D eigenvalue weighted by Crippen LogP contribution is -2.25. The Hall–Kier alpha value is -1.62. The number of amides is 1. The Balaban J connectivity index is 1.81. The number of hydrogen-bond donors (Lipinski definition) is 1. The first-order valence-corrected chi connectivity index (χ1v) is 10.0. The number of hydrogen-bond acceptors (Lipinski definition) is 3. The Bertz CT molecular complexity index is 780. The number of benzene rings is 2. The van der Waals surface area contributed by atoms with E-state index in [1.54, 1.807) is 37.1 Å². The van der Waals surface area contributed by atoms with Crippen molar-refractivity contribution in [2.75, 3.05) is 19.4 Å². The number of rotatable bonds is 9. The van der Waals surface area contributed by atoms with Crippen LogP contribution in [0.2, 0.25) is 10.0 Å². The van der Waals surface area contributed by atoms with Crippen LogP contribution in [0.3, 0.4) is 0 Å². The minimum absolute atomic E-state index is 0.0944. The van der Waals surface area contributed by atoms with E-state index in [9.17, 15) is 4.79 Å². The Morgan fingerprint density at radius 3 is 2.73 bits per heavy atom. The maximum absolute atomic E-state index is 12.3. The number of halogens is 2. The fourth-order valence-corrected chi connectivity index (χ4v) is 3.81. The van der Waals surface area contributed by atoms with E-state index in [1.807, 2.05) is 24.3 Å². The maximum atomic E-state index is 12.3. The number of carbonyl (C=O) groups is 1. The van der Waals surface area contributed by atoms with Gasteiger partial charge in [-0.2, -0.15) is 11.8 Å². The van der Waals surface area contributed by atoms with E-state index < -0.39 is 0 Å². The highest BCUT2D eigenvalue weighted by Gasteiger charge is 2.09. The molecule has 2 rings (SSSR count). The summed E-state index contributed by atoms with van der Waals surface area (Å²) in [5.74, 6) is 2.23. The molecule has 0 bridgehead atoms. The van der Waals surface area contributed by atoms with Crippen LogP contribution < -0.4 is 10.1 Å². The van der Waals surface area contributed by atoms with Crippen molar-refractivity contribution >= 4 is 40.9 Å². The Morgan fingerprint density at radius 1 is 1.23 bits per heavy atom. The summed E-state index contributed by atoms with van der Waals surface area (Å²) in [6.45, 7) is 4.32. The van der Waals surface area contributed by atoms with Crippen LogP contribution >= 0.6 is 35.0 Å². The zero-order valence-electron chi connectivity index (χ0n) is 14.6. The van der Waals surface area contributed by atoms with Gasteiger partial charge < -0.3 is 10.1 Å². The largest absolute Gasteiger partial charge is 0.496 e. The van der Waals surface area contributed by atoms with E-state index in [0.717, 1.165) is 28.4 Å². The molecule has 1 amide bonds. The van der Waals surface area contributed by atoms with Crippen LogP contribution in [0.1, 0.15) is 21.5 Å². The number of nitrogens with one attached hydrogen (secondary N) is 1. The lowest BCUT2D eigenvalue weighted by Gasteiger charge is -2.10. The van der Waals surface area contributed by atoms with Crippen LogP contribution in [0, 0.1) is 0 Å². The van der Waals surface area contributed by atoms with Gasteiger partial charge >= 0.3 is 0 Å². The molecule has 0 heterocycles. The molecule has 0 aliphatic heterocycles. The minimum Gasteiger partial charge on any atom is -0.496 e. The third-order valence-electron chi connectivity index (χ3n) is 3.71. The molecule has 0 spiro atoms. The third kappa shape index (κ3) is 5.97. The van der Waals surface area contributed by atoms with Crippen molar-refractivity contribution in [3.8, 4) is 5.75 Å². The van der Waals surface area contributed by atoms with Crippen LogP contribution in [0.5, 0.6) is 5.75 Å². The molecule has 26 heavy (non-hydrogen) atoms. The second-order valence-corrected chi connectivity index (χ2v) is 7.51. The number of methoxy groups -OCH3 is 1. The molecule has 0 aromatic heterocycles. The van der Waals surface area contributed by atoms with Gasteiger partial charge in [-0.3, -0.25) is 4.79 Å². The first kappa shape index (κ1) is 20.7. The Kier molecular flexibility index (Phi) is 8.36. The van der Waals surface area contributed by atoms with E-state index in [2.05, 4.69) is 11.9 Å². The first-order chi connectivity index (χ1) is 12.5. The topological polar surface area (TPSA) is 38.3 Å². The average molecular weight is 410 g/mol. The summed E-state index contributed by atoms with van der Waals surface area (Å²) in [6, 6.07) is 10.9. The van der Waals surface area contributed by atoms with Gasteiger partial charge in [0.15, 0.2) is 0 Å². The smallest absolute Gasteiger partial charge is 0.251 e. The molecule has 0 aliphatic rings. The maximum Gasteiger partial charge on any atom is 0.251 e. The summed E-state index contributed by atoms with van der Waals surface area (Å²) in [5.41, 5.74) is 2.60. The zero-order valence-corrected chi connectivity index (χ0v) is 16.9. The van der Waals surface area contributed by atoms with E-state index >= 15 is 0 Å². The van der Waals surface area contributed by atoms with Gasteiger partial charge in [0.05, 0.1) is 7.11 Å². The molecule has 0 unspecified atom stereocenters. The Morgan fingerprint density at radius 2 is 2.04 bits per heavy atom. The molecule has 0 saturated carbocycles. The number of allylic oxidation sites excluding steroid dienone is 1. The normalized spacial score (nSPS) is 10.4. The fraction of sp³-hybridized carbons (Fsp3) is 0.250. The van der Waals surface area contributed by atoms with E-state index in [-0.39, 0.29) is 5.91 Å². The van der Waals surface area contributed by atoms with Gasteiger partial charge in [-0.05, 0) is 47.9 Å². The molecule has 138 valence electrons. The second kappa shape index (κ2) is 10.5. The van der Waals surface area contributed by atoms with Gasteiger partial charge in [0, 0.05) is 33.7 Å². The summed E-state index contributed by atoms with van der Waals surface area (Å²) in [6.07, 6.45) is 2.44. The van der Waals surface area contributed by atoms with Crippen molar-refractivity contribution in [1.82, 2.24) is 5.32 Å². The van der Waals surface area contributed by atoms with Crippen molar-refractivity contribution in [3.05, 3.63) is 75.8 Å². The number of carbonyl (C=O) groups excluding carboxylic acids is 1. The quantitative estimate of drug-likeness (QED) is 0.445. The van der Waals surface area contributed by atoms with E-state index in [0.29, 0.717) is 28.6 Å². The van der Waals surface area contributed by atoms with Crippen LogP contribution in [-0.2, 0) is 12.2 Å². The SMILES string of the molecule is C=CCc1cc(C(=O)NCCSCc2ccc(Cl)cc2Cl)ccc1OC. The lowest BCUT2D eigenvalue weighted by molar-refractivity contribution is 0.0956. The lowest BCUT2D eigenvalue weighted by atomic mass is 10.1. The van der Waals surface area contributed by atoms with E-state index in [1.165, 1.54) is 0 Å². The van der Waals surface area contributed by atoms with Crippen molar-refractivity contribution in [2.24, 2.45) is 0 Å². The summed E-state index contributed by atoms with van der Waals surface area (Å²) in [7, 11) is 1.62. The van der Waals surface area contributed by atoms with Gasteiger partial charge in [0.1, 0.15) is 5.75 Å². The molecule has 0 aliphatic carbocycles. The molecule has 0 fully saturated rings. The van der Waals surface area contributed by atoms with Gasteiger partial charge in [0.25, 0.3) is 5.91 Å². The Labute approximate surface area is 168 Å². The predicted octanol–water partition coefficient (Wildman–Crippen LogP) is 5.39. The van der Waals surface area contributed by atoms with Crippen LogP contribution in [0.15, 0.2) is 49.1 Å². The van der Waals surface area contributed by atoms with Crippen molar-refractivity contribution in [2.45, 2.75) is 12.2 Å². The molecular formula is C20H21Cl2NO2S. The van der Waals surface area contributed by atoms with Crippen LogP contribution in [0.4, 0.5) is 0 Å². The fourth-order valence-electron chi connectivity index (χ4n) is 2.39. The molecule has 2 aromatic rings. The molecule has 0 radical (unpaired) electrons. The van der Waals surface area contributed by atoms with Crippen molar-refractivity contribution in [1.29, 1.82) is 0 Å². The molecule has 3 nitrogen and oxygen atoms in total. The molecule has 2 aromatic carbocycles. The summed E-state index contributed by atoms with van der Waals surface area (Å²) >= 11 is 13.8. The van der Waals surface area contributed by atoms with Gasteiger partial charge in [-0.15, -0.1) is 6.58 Å². The van der Waals surface area contributed by atoms with Crippen LogP contribution in [0.25, 0.3) is 0 Å². The summed E-state index contributed by atoms with van der Waals surface area (Å²) < 4.78 is 5.30. The number of ether oxygens (including phenoxy) is 1. The van der Waals surface area contributed by atoms with Gasteiger partial charge in [0.2, 0.25) is 0 Å².